The molecule has 1 nitrogen and oxygen atoms in total. The van der Waals surface area contributed by atoms with Gasteiger partial charge in [-0.2, -0.15) is 0 Å². The Morgan fingerprint density at radius 3 is 1.95 bits per heavy atom. The Morgan fingerprint density at radius 2 is 1.11 bits per heavy atom. The van der Waals surface area contributed by atoms with Gasteiger partial charge in [-0.05, 0) is 170 Å². The van der Waals surface area contributed by atoms with Crippen molar-refractivity contribution >= 4 is 17.1 Å². The first-order chi connectivity index (χ1) is 26.7. The highest BCUT2D eigenvalue weighted by atomic mass is 15.1. The number of rotatable bonds is 5. The second-order valence-corrected chi connectivity index (χ2v) is 19.6. The van der Waals surface area contributed by atoms with Gasteiger partial charge in [-0.15, -0.1) is 0 Å². The van der Waals surface area contributed by atoms with Crippen molar-refractivity contribution in [2.24, 2.45) is 29.1 Å². The zero-order valence-corrected chi connectivity index (χ0v) is 32.8. The van der Waals surface area contributed by atoms with E-state index in [0.29, 0.717) is 5.41 Å². The van der Waals surface area contributed by atoms with Crippen molar-refractivity contribution in [3.05, 3.63) is 162 Å². The molecule has 272 valence electrons. The molecule has 0 aliphatic heterocycles. The molecule has 0 heterocycles. The van der Waals surface area contributed by atoms with Crippen LogP contribution in [0, 0.1) is 29.1 Å². The second kappa shape index (κ2) is 10.9. The Hall–Kier alpha value is -4.88. The molecule has 0 radical (unpaired) electrons. The molecule has 6 aliphatic rings. The van der Waals surface area contributed by atoms with Gasteiger partial charge in [0, 0.05) is 22.5 Å². The molecule has 0 aromatic heterocycles. The fourth-order valence-corrected chi connectivity index (χ4v) is 14.1. The topological polar surface area (TPSA) is 3.24 Å². The summed E-state index contributed by atoms with van der Waals surface area (Å²) in [6, 6.07) is 53.7. The van der Waals surface area contributed by atoms with Gasteiger partial charge in [0.1, 0.15) is 0 Å². The van der Waals surface area contributed by atoms with E-state index in [4.69, 9.17) is 0 Å². The van der Waals surface area contributed by atoms with Gasteiger partial charge in [0.2, 0.25) is 0 Å². The highest BCUT2D eigenvalue weighted by molar-refractivity contribution is 5.88. The number of hydrogen-bond acceptors (Lipinski definition) is 1. The summed E-state index contributed by atoms with van der Waals surface area (Å²) in [5, 5.41) is 0. The van der Waals surface area contributed by atoms with Gasteiger partial charge in [-0.25, -0.2) is 0 Å². The van der Waals surface area contributed by atoms with Crippen molar-refractivity contribution in [2.75, 3.05) is 4.90 Å². The summed E-state index contributed by atoms with van der Waals surface area (Å²) in [4.78, 5) is 2.55. The first kappa shape index (κ1) is 32.4. The number of anilines is 3. The van der Waals surface area contributed by atoms with Crippen LogP contribution in [0.25, 0.3) is 33.4 Å². The summed E-state index contributed by atoms with van der Waals surface area (Å²) in [7, 11) is 0. The summed E-state index contributed by atoms with van der Waals surface area (Å²) < 4.78 is 0. The zero-order valence-electron chi connectivity index (χ0n) is 32.8. The molecule has 6 aromatic rings. The summed E-state index contributed by atoms with van der Waals surface area (Å²) >= 11 is 0. The highest BCUT2D eigenvalue weighted by Gasteiger charge is 2.84. The highest BCUT2D eigenvalue weighted by Crippen LogP contribution is 2.89. The minimum atomic E-state index is 0.119. The lowest BCUT2D eigenvalue weighted by atomic mass is 9.27. The second-order valence-electron chi connectivity index (χ2n) is 19.6. The van der Waals surface area contributed by atoms with Crippen LogP contribution in [-0.2, 0) is 16.2 Å². The van der Waals surface area contributed by atoms with Gasteiger partial charge in [-0.1, -0.05) is 131 Å². The SMILES string of the molecule is CC1(C)CCC(C)(C)c2c(-c3cccc(N(c4ccc(-c5ccccc5)cc4)c4ccc5c(c4)C4(c6ccccc6-5)C5CC6CC7CC4C75C6)c3)cccc21. The van der Waals surface area contributed by atoms with Crippen molar-refractivity contribution in [3.8, 4) is 33.4 Å². The monoisotopic (exact) mass is 713 g/mol. The van der Waals surface area contributed by atoms with Crippen LogP contribution in [-0.4, -0.2) is 0 Å². The molecule has 12 rings (SSSR count). The minimum absolute atomic E-state index is 0.119. The van der Waals surface area contributed by atoms with Crippen LogP contribution >= 0.6 is 0 Å². The van der Waals surface area contributed by atoms with E-state index in [2.05, 4.69) is 172 Å². The van der Waals surface area contributed by atoms with Crippen molar-refractivity contribution in [1.29, 1.82) is 0 Å². The molecule has 0 amide bonds. The lowest BCUT2D eigenvalue weighted by molar-refractivity contribution is -0.231. The molecule has 2 bridgehead atoms. The largest absolute Gasteiger partial charge is 0.310 e. The number of hydrogen-bond donors (Lipinski definition) is 0. The number of fused-ring (bicyclic) bond motifs is 9. The van der Waals surface area contributed by atoms with Crippen LogP contribution in [0.5, 0.6) is 0 Å². The van der Waals surface area contributed by atoms with Crippen molar-refractivity contribution < 1.29 is 0 Å². The lowest BCUT2D eigenvalue weighted by Gasteiger charge is -2.76. The molecule has 6 unspecified atom stereocenters. The van der Waals surface area contributed by atoms with Gasteiger partial charge in [0.25, 0.3) is 0 Å². The zero-order chi connectivity index (χ0) is 36.9. The molecule has 2 spiro atoms. The van der Waals surface area contributed by atoms with Crippen LogP contribution in [0.1, 0.15) is 88.5 Å². The molecule has 4 fully saturated rings. The molecule has 4 saturated carbocycles. The van der Waals surface area contributed by atoms with Gasteiger partial charge in [0.05, 0.1) is 0 Å². The van der Waals surface area contributed by atoms with Crippen LogP contribution in [0.15, 0.2) is 140 Å². The summed E-state index contributed by atoms with van der Waals surface area (Å²) in [6.45, 7) is 9.79. The molecule has 6 aliphatic carbocycles. The Labute approximate surface area is 327 Å². The van der Waals surface area contributed by atoms with E-state index in [1.165, 1.54) is 100 Å². The van der Waals surface area contributed by atoms with Crippen LogP contribution in [0.3, 0.4) is 0 Å². The minimum Gasteiger partial charge on any atom is -0.310 e. The van der Waals surface area contributed by atoms with Gasteiger partial charge < -0.3 is 4.90 Å². The van der Waals surface area contributed by atoms with Crippen LogP contribution < -0.4 is 4.90 Å². The third-order valence-corrected chi connectivity index (χ3v) is 16.4. The average Bonchev–Trinajstić information content (AvgIpc) is 3.84. The Balaban J connectivity index is 1.03. The molecule has 0 N–H and O–H groups in total. The lowest BCUT2D eigenvalue weighted by Crippen LogP contribution is -2.73. The molecule has 6 aromatic carbocycles. The number of benzene rings is 6. The standard InChI is InChI=1S/C54H51N/c1-51(2)26-27-52(3,4)50-42(17-11-19-46(50)51)37-14-10-15-40(30-37)55(39-22-20-36(21-23-39)35-12-6-5-7-13-35)41-24-25-44-43-16-8-9-18-45(43)54(47(44)32-41)48-29-34-28-38-31-49(54)53(38,48)33-34/h5-25,30,32,34,38,48-49H,26-29,31,33H2,1-4H3. The Kier molecular flexibility index (Phi) is 6.42. The van der Waals surface area contributed by atoms with Crippen molar-refractivity contribution in [1.82, 2.24) is 0 Å². The summed E-state index contributed by atoms with van der Waals surface area (Å²) in [5.74, 6) is 3.51. The smallest absolute Gasteiger partial charge is 0.0467 e. The fourth-order valence-electron chi connectivity index (χ4n) is 14.1. The van der Waals surface area contributed by atoms with Crippen LogP contribution in [0.2, 0.25) is 0 Å². The summed E-state index contributed by atoms with van der Waals surface area (Å²) in [6.07, 6.45) is 8.26. The van der Waals surface area contributed by atoms with E-state index in [-0.39, 0.29) is 16.2 Å². The fraction of sp³-hybridized carbons (Fsp3) is 0.333. The maximum absolute atomic E-state index is 2.65. The Bertz CT molecular complexity index is 2540. The van der Waals surface area contributed by atoms with E-state index in [1.54, 1.807) is 11.1 Å². The first-order valence-electron chi connectivity index (χ1n) is 21.1. The number of nitrogens with zero attached hydrogens (tertiary/aromatic N) is 1. The van der Waals surface area contributed by atoms with E-state index in [0.717, 1.165) is 23.7 Å². The van der Waals surface area contributed by atoms with Crippen molar-refractivity contribution in [2.45, 2.75) is 82.5 Å². The van der Waals surface area contributed by atoms with Gasteiger partial charge in [-0.3, -0.25) is 0 Å². The maximum Gasteiger partial charge on any atom is 0.0467 e. The third-order valence-electron chi connectivity index (χ3n) is 16.4. The third kappa shape index (κ3) is 4.10. The molecule has 0 saturated heterocycles. The maximum atomic E-state index is 2.65. The molecule has 55 heavy (non-hydrogen) atoms. The Morgan fingerprint density at radius 1 is 0.473 bits per heavy atom. The summed E-state index contributed by atoms with van der Waals surface area (Å²) in [5.41, 5.74) is 19.2. The van der Waals surface area contributed by atoms with E-state index in [9.17, 15) is 0 Å². The van der Waals surface area contributed by atoms with E-state index in [1.807, 2.05) is 0 Å². The molecule has 6 atom stereocenters. The van der Waals surface area contributed by atoms with Gasteiger partial charge >= 0.3 is 0 Å². The average molecular weight is 714 g/mol. The quantitative estimate of drug-likeness (QED) is 0.172. The predicted octanol–water partition coefficient (Wildman–Crippen LogP) is 14.2. The van der Waals surface area contributed by atoms with E-state index < -0.39 is 0 Å². The molecular formula is C54H51N. The molecule has 1 heteroatoms. The molecular weight excluding hydrogens is 663 g/mol. The van der Waals surface area contributed by atoms with E-state index >= 15 is 0 Å². The first-order valence-corrected chi connectivity index (χ1v) is 21.1. The van der Waals surface area contributed by atoms with Gasteiger partial charge in [0.15, 0.2) is 0 Å². The predicted molar refractivity (Wildman–Crippen MR) is 228 cm³/mol. The van der Waals surface area contributed by atoms with Crippen molar-refractivity contribution in [3.63, 3.8) is 0 Å². The normalized spacial score (nSPS) is 29.1. The van der Waals surface area contributed by atoms with Crippen LogP contribution in [0.4, 0.5) is 17.1 Å².